The Morgan fingerprint density at radius 2 is 2.22 bits per heavy atom. The van der Waals surface area contributed by atoms with Crippen LogP contribution >= 0.6 is 15.9 Å². The number of hydrogen-bond donors (Lipinski definition) is 1. The number of halogens is 1. The number of hydrogen-bond acceptors (Lipinski definition) is 3. The molecule has 1 aromatic carbocycles. The topological polar surface area (TPSA) is 53.7 Å². The zero-order valence-electron chi connectivity index (χ0n) is 9.86. The van der Waals surface area contributed by atoms with Gasteiger partial charge >= 0.3 is 5.97 Å². The van der Waals surface area contributed by atoms with Crippen LogP contribution in [-0.4, -0.2) is 29.6 Å². The monoisotopic (exact) mass is 309 g/mol. The molecule has 0 atom stereocenters. The first-order chi connectivity index (χ1) is 8.58. The van der Waals surface area contributed by atoms with Gasteiger partial charge in [0.2, 0.25) is 5.76 Å². The maximum Gasteiger partial charge on any atom is 0.372 e. The van der Waals surface area contributed by atoms with Crippen LogP contribution in [0.25, 0.3) is 11.0 Å². The highest BCUT2D eigenvalue weighted by Crippen LogP contribution is 2.36. The van der Waals surface area contributed by atoms with E-state index in [1.807, 2.05) is 19.2 Å². The van der Waals surface area contributed by atoms with Crippen molar-refractivity contribution in [1.29, 1.82) is 0 Å². The van der Waals surface area contributed by atoms with Gasteiger partial charge in [-0.3, -0.25) is 0 Å². The molecule has 2 aromatic rings. The van der Waals surface area contributed by atoms with Crippen LogP contribution in [-0.2, 0) is 13.0 Å². The van der Waals surface area contributed by atoms with E-state index in [0.717, 1.165) is 34.0 Å². The summed E-state index contributed by atoms with van der Waals surface area (Å²) in [6, 6.07) is 3.74. The molecule has 0 aliphatic carbocycles. The van der Waals surface area contributed by atoms with Crippen molar-refractivity contribution in [2.75, 3.05) is 13.6 Å². The van der Waals surface area contributed by atoms with Crippen LogP contribution in [0.4, 0.5) is 0 Å². The fourth-order valence-corrected chi connectivity index (χ4v) is 3.05. The normalized spacial score (nSPS) is 15.9. The third kappa shape index (κ3) is 1.66. The van der Waals surface area contributed by atoms with Gasteiger partial charge < -0.3 is 14.4 Å². The molecule has 0 radical (unpaired) electrons. The van der Waals surface area contributed by atoms with E-state index in [2.05, 4.69) is 20.8 Å². The molecular formula is C13H12BrNO3. The van der Waals surface area contributed by atoms with Gasteiger partial charge in [0.15, 0.2) is 0 Å². The summed E-state index contributed by atoms with van der Waals surface area (Å²) in [6.07, 6.45) is 0.889. The number of carbonyl (C=O) groups is 1. The van der Waals surface area contributed by atoms with Crippen molar-refractivity contribution >= 4 is 32.9 Å². The molecular weight excluding hydrogens is 298 g/mol. The van der Waals surface area contributed by atoms with Crippen molar-refractivity contribution in [3.8, 4) is 0 Å². The number of aromatic carboxylic acids is 1. The molecule has 0 saturated heterocycles. The summed E-state index contributed by atoms with van der Waals surface area (Å²) in [5.41, 5.74) is 2.59. The Morgan fingerprint density at radius 3 is 2.94 bits per heavy atom. The molecule has 4 nitrogen and oxygen atoms in total. The molecule has 0 amide bonds. The first-order valence-corrected chi connectivity index (χ1v) is 6.52. The second kappa shape index (κ2) is 4.10. The molecule has 94 valence electrons. The van der Waals surface area contributed by atoms with E-state index in [9.17, 15) is 9.90 Å². The van der Waals surface area contributed by atoms with Crippen molar-refractivity contribution in [2.24, 2.45) is 0 Å². The van der Waals surface area contributed by atoms with Crippen molar-refractivity contribution in [3.05, 3.63) is 33.5 Å². The van der Waals surface area contributed by atoms with Crippen LogP contribution < -0.4 is 0 Å². The lowest BCUT2D eigenvalue weighted by atomic mass is 10.0. The Hall–Kier alpha value is -1.33. The number of carboxylic acid groups (broad SMARTS) is 1. The van der Waals surface area contributed by atoms with Crippen LogP contribution in [0.3, 0.4) is 0 Å². The van der Waals surface area contributed by atoms with Gasteiger partial charge in [0, 0.05) is 28.5 Å². The second-order valence-electron chi connectivity index (χ2n) is 4.60. The molecule has 0 saturated carbocycles. The lowest BCUT2D eigenvalue weighted by molar-refractivity contribution is 0.0662. The van der Waals surface area contributed by atoms with Gasteiger partial charge in [-0.1, -0.05) is 15.9 Å². The summed E-state index contributed by atoms with van der Waals surface area (Å²) < 4.78 is 6.50. The smallest absolute Gasteiger partial charge is 0.372 e. The van der Waals surface area contributed by atoms with E-state index in [1.54, 1.807) is 0 Å². The highest BCUT2D eigenvalue weighted by molar-refractivity contribution is 9.10. The van der Waals surface area contributed by atoms with Gasteiger partial charge in [-0.2, -0.15) is 0 Å². The van der Waals surface area contributed by atoms with E-state index in [1.165, 1.54) is 0 Å². The lowest BCUT2D eigenvalue weighted by Gasteiger charge is -2.12. The fourth-order valence-electron chi connectivity index (χ4n) is 2.52. The first-order valence-electron chi connectivity index (χ1n) is 5.72. The van der Waals surface area contributed by atoms with Gasteiger partial charge in [0.05, 0.1) is 0 Å². The Labute approximate surface area is 112 Å². The van der Waals surface area contributed by atoms with Crippen LogP contribution in [0.15, 0.2) is 21.0 Å². The minimum absolute atomic E-state index is 0.0677. The standard InChI is InChI=1S/C13H12BrNO3/c1-15-5-4-7-9(14)2-3-10-11(7)8(6-15)12(18-10)13(16)17/h2-3H,4-6H2,1H3,(H,16,17). The fraction of sp³-hybridized carbons (Fsp3) is 0.308. The van der Waals surface area contributed by atoms with E-state index >= 15 is 0 Å². The van der Waals surface area contributed by atoms with Crippen molar-refractivity contribution < 1.29 is 14.3 Å². The lowest BCUT2D eigenvalue weighted by Crippen LogP contribution is -2.19. The molecule has 0 unspecified atom stereocenters. The van der Waals surface area contributed by atoms with E-state index in [-0.39, 0.29) is 5.76 Å². The molecule has 0 spiro atoms. The highest BCUT2D eigenvalue weighted by atomic mass is 79.9. The maximum absolute atomic E-state index is 11.3. The molecule has 5 heteroatoms. The summed E-state index contributed by atoms with van der Waals surface area (Å²) in [5.74, 6) is -0.934. The molecule has 1 aliphatic heterocycles. The average Bonchev–Trinajstić information content (AvgIpc) is 2.57. The van der Waals surface area contributed by atoms with E-state index in [4.69, 9.17) is 4.42 Å². The first kappa shape index (κ1) is 11.7. The third-order valence-corrected chi connectivity index (χ3v) is 4.11. The Balaban J connectivity index is 2.39. The number of benzene rings is 1. The Morgan fingerprint density at radius 1 is 1.44 bits per heavy atom. The summed E-state index contributed by atoms with van der Waals surface area (Å²) >= 11 is 3.54. The molecule has 0 fully saturated rings. The van der Waals surface area contributed by atoms with Crippen LogP contribution in [0, 0.1) is 0 Å². The van der Waals surface area contributed by atoms with Crippen LogP contribution in [0.2, 0.25) is 0 Å². The molecule has 1 N–H and O–H groups in total. The Kier molecular flexibility index (Phi) is 2.68. The largest absolute Gasteiger partial charge is 0.475 e. The summed E-state index contributed by atoms with van der Waals surface area (Å²) in [6.45, 7) is 1.52. The van der Waals surface area contributed by atoms with Crippen molar-refractivity contribution in [2.45, 2.75) is 13.0 Å². The van der Waals surface area contributed by atoms with Gasteiger partial charge in [0.25, 0.3) is 0 Å². The predicted molar refractivity (Wildman–Crippen MR) is 70.9 cm³/mol. The van der Waals surface area contributed by atoms with Crippen LogP contribution in [0.5, 0.6) is 0 Å². The summed E-state index contributed by atoms with van der Waals surface area (Å²) in [7, 11) is 1.99. The SMILES string of the molecule is CN1CCc2c(Br)ccc3oc(C(=O)O)c(c23)C1. The molecule has 18 heavy (non-hydrogen) atoms. The Bertz CT molecular complexity index is 647. The summed E-state index contributed by atoms with van der Waals surface area (Å²) in [4.78, 5) is 13.4. The van der Waals surface area contributed by atoms with Gasteiger partial charge in [-0.25, -0.2) is 4.79 Å². The quantitative estimate of drug-likeness (QED) is 0.880. The molecule has 3 rings (SSSR count). The minimum atomic E-state index is -1.00. The molecule has 0 bridgehead atoms. The van der Waals surface area contributed by atoms with Gasteiger partial charge in [0.1, 0.15) is 5.58 Å². The maximum atomic E-state index is 11.3. The average molecular weight is 310 g/mol. The minimum Gasteiger partial charge on any atom is -0.475 e. The summed E-state index contributed by atoms with van der Waals surface area (Å²) in [5, 5.41) is 10.2. The van der Waals surface area contributed by atoms with E-state index < -0.39 is 5.97 Å². The number of likely N-dealkylation sites (N-methyl/N-ethyl adjacent to an activating group) is 1. The number of furan rings is 1. The number of carboxylic acids is 1. The van der Waals surface area contributed by atoms with Crippen LogP contribution in [0.1, 0.15) is 21.7 Å². The zero-order valence-corrected chi connectivity index (χ0v) is 11.5. The van der Waals surface area contributed by atoms with Crippen molar-refractivity contribution in [3.63, 3.8) is 0 Å². The predicted octanol–water partition coefficient (Wildman–Crippen LogP) is 2.88. The van der Waals surface area contributed by atoms with Crippen molar-refractivity contribution in [1.82, 2.24) is 4.90 Å². The number of nitrogens with zero attached hydrogens (tertiary/aromatic N) is 1. The van der Waals surface area contributed by atoms with E-state index in [0.29, 0.717) is 12.1 Å². The van der Waals surface area contributed by atoms with Gasteiger partial charge in [-0.05, 0) is 31.2 Å². The molecule has 2 heterocycles. The molecule has 1 aliphatic rings. The number of rotatable bonds is 1. The third-order valence-electron chi connectivity index (χ3n) is 3.37. The zero-order chi connectivity index (χ0) is 12.9. The second-order valence-corrected chi connectivity index (χ2v) is 5.46. The van der Waals surface area contributed by atoms with Gasteiger partial charge in [-0.15, -0.1) is 0 Å². The highest BCUT2D eigenvalue weighted by Gasteiger charge is 2.26. The molecule has 1 aromatic heterocycles.